The molecule has 1 aromatic carbocycles. The van der Waals surface area contributed by atoms with Gasteiger partial charge in [0.25, 0.3) is 0 Å². The van der Waals surface area contributed by atoms with E-state index in [0.717, 1.165) is 27.0 Å². The van der Waals surface area contributed by atoms with Crippen LogP contribution in [0.2, 0.25) is 0 Å². The zero-order chi connectivity index (χ0) is 19.9. The number of aliphatic hydroxyl groups is 1. The van der Waals surface area contributed by atoms with Gasteiger partial charge in [0, 0.05) is 42.1 Å². The van der Waals surface area contributed by atoms with Crippen LogP contribution >= 0.6 is 27.3 Å². The second-order valence-electron chi connectivity index (χ2n) is 6.93. The van der Waals surface area contributed by atoms with Crippen LogP contribution in [0.4, 0.5) is 8.78 Å². The Hall–Kier alpha value is -1.75. The van der Waals surface area contributed by atoms with Gasteiger partial charge in [0.15, 0.2) is 3.92 Å². The third kappa shape index (κ3) is 3.61. The highest BCUT2D eigenvalue weighted by atomic mass is 79.9. The highest BCUT2D eigenvalue weighted by Gasteiger charge is 2.44. The number of thiazole rings is 1. The van der Waals surface area contributed by atoms with Crippen molar-refractivity contribution < 1.29 is 18.6 Å². The van der Waals surface area contributed by atoms with Crippen molar-refractivity contribution in [2.45, 2.75) is 38.1 Å². The van der Waals surface area contributed by atoms with Gasteiger partial charge in [0.1, 0.15) is 23.8 Å². The smallest absolute Gasteiger partial charge is 0.306 e. The summed E-state index contributed by atoms with van der Waals surface area (Å²) in [6.45, 7) is 3.20. The SMILES string of the molecule is C[C@@H](N1CCc2nc(Br)sc2C1)[C@](O)(C[n+]1cnc[nH]1)c1ccc(F)cc1F. The molecule has 28 heavy (non-hydrogen) atoms. The maximum atomic E-state index is 14.7. The van der Waals surface area contributed by atoms with Crippen molar-refractivity contribution in [3.63, 3.8) is 0 Å². The van der Waals surface area contributed by atoms with E-state index < -0.39 is 23.3 Å². The molecule has 3 heterocycles. The first-order chi connectivity index (χ1) is 13.4. The number of benzene rings is 1. The van der Waals surface area contributed by atoms with Gasteiger partial charge in [0.05, 0.1) is 5.69 Å². The molecule has 0 unspecified atom stereocenters. The first-order valence-electron chi connectivity index (χ1n) is 8.80. The molecule has 0 amide bonds. The first kappa shape index (κ1) is 19.6. The van der Waals surface area contributed by atoms with Crippen molar-refractivity contribution in [2.75, 3.05) is 6.54 Å². The molecule has 1 aliphatic heterocycles. The Morgan fingerprint density at radius 3 is 3.00 bits per heavy atom. The second kappa shape index (κ2) is 7.58. The van der Waals surface area contributed by atoms with Gasteiger partial charge in [-0.15, -0.1) is 11.3 Å². The minimum atomic E-state index is -1.60. The van der Waals surface area contributed by atoms with Gasteiger partial charge >= 0.3 is 6.33 Å². The van der Waals surface area contributed by atoms with E-state index in [4.69, 9.17) is 0 Å². The molecule has 0 aliphatic carbocycles. The van der Waals surface area contributed by atoms with Gasteiger partial charge in [-0.2, -0.15) is 9.78 Å². The molecule has 0 fully saturated rings. The van der Waals surface area contributed by atoms with E-state index in [1.807, 2.05) is 6.92 Å². The number of nitrogens with zero attached hydrogens (tertiary/aromatic N) is 4. The van der Waals surface area contributed by atoms with Gasteiger partial charge in [-0.1, -0.05) is 6.07 Å². The van der Waals surface area contributed by atoms with Gasteiger partial charge in [0.2, 0.25) is 6.33 Å². The molecule has 4 rings (SSSR count). The van der Waals surface area contributed by atoms with Crippen LogP contribution in [0.15, 0.2) is 34.8 Å². The van der Waals surface area contributed by atoms with Crippen LogP contribution in [0.5, 0.6) is 0 Å². The van der Waals surface area contributed by atoms with Crippen molar-refractivity contribution in [1.29, 1.82) is 0 Å². The first-order valence-corrected chi connectivity index (χ1v) is 10.4. The Labute approximate surface area is 173 Å². The number of aromatic nitrogens is 4. The monoisotopic (exact) mass is 470 g/mol. The lowest BCUT2D eigenvalue weighted by molar-refractivity contribution is -0.765. The van der Waals surface area contributed by atoms with E-state index in [1.165, 1.54) is 24.8 Å². The largest absolute Gasteiger partial charge is 0.379 e. The lowest BCUT2D eigenvalue weighted by Crippen LogP contribution is -2.58. The van der Waals surface area contributed by atoms with Crippen LogP contribution in [0, 0.1) is 11.6 Å². The minimum absolute atomic E-state index is 0.0481. The Kier molecular flexibility index (Phi) is 5.30. The molecule has 10 heteroatoms. The van der Waals surface area contributed by atoms with Crippen molar-refractivity contribution in [3.8, 4) is 0 Å². The Bertz CT molecular complexity index is 983. The molecular weight excluding hydrogens is 452 g/mol. The number of rotatable bonds is 5. The summed E-state index contributed by atoms with van der Waals surface area (Å²) in [6.07, 6.45) is 3.75. The number of aromatic amines is 1. The maximum Gasteiger partial charge on any atom is 0.306 e. The molecule has 2 N–H and O–H groups in total. The fraction of sp³-hybridized carbons (Fsp3) is 0.389. The Balaban J connectivity index is 1.70. The molecule has 2 aromatic heterocycles. The standard InChI is InChI=1S/C18H18BrF2N5OS/c1-11(25-5-4-15-16(7-25)28-17(19)24-15)18(27,8-26-10-22-9-23-26)13-3-2-12(20)6-14(13)21/h2-3,6,9-11,27H,4-5,7-8H2,1H3/p+1/t11-,18-/m1/s1. The number of H-pyrrole nitrogens is 1. The van der Waals surface area contributed by atoms with Gasteiger partial charge in [-0.3, -0.25) is 4.90 Å². The molecule has 0 saturated carbocycles. The molecule has 3 aromatic rings. The Morgan fingerprint density at radius 2 is 2.29 bits per heavy atom. The van der Waals surface area contributed by atoms with Crippen molar-refractivity contribution in [1.82, 2.24) is 20.0 Å². The third-order valence-electron chi connectivity index (χ3n) is 5.29. The summed E-state index contributed by atoms with van der Waals surface area (Å²) in [7, 11) is 0. The Morgan fingerprint density at radius 1 is 1.46 bits per heavy atom. The number of hydrogen-bond acceptors (Lipinski definition) is 5. The number of fused-ring (bicyclic) bond motifs is 1. The van der Waals surface area contributed by atoms with Crippen LogP contribution in [-0.2, 0) is 25.1 Å². The molecule has 6 nitrogen and oxygen atoms in total. The number of halogens is 3. The summed E-state index contributed by atoms with van der Waals surface area (Å²) in [5.74, 6) is -1.45. The average Bonchev–Trinajstić information content (AvgIpc) is 3.28. The average molecular weight is 471 g/mol. The minimum Gasteiger partial charge on any atom is -0.379 e. The summed E-state index contributed by atoms with van der Waals surface area (Å²) in [5.41, 5.74) is -0.492. The van der Waals surface area contributed by atoms with Crippen molar-refractivity contribution >= 4 is 27.3 Å². The lowest BCUT2D eigenvalue weighted by atomic mass is 9.85. The highest BCUT2D eigenvalue weighted by Crippen LogP contribution is 2.35. The predicted molar refractivity (Wildman–Crippen MR) is 102 cm³/mol. The van der Waals surface area contributed by atoms with Gasteiger partial charge in [-0.05, 0) is 33.9 Å². The second-order valence-corrected chi connectivity index (χ2v) is 9.29. The molecule has 2 atom stereocenters. The highest BCUT2D eigenvalue weighted by molar-refractivity contribution is 9.11. The summed E-state index contributed by atoms with van der Waals surface area (Å²) >= 11 is 4.99. The van der Waals surface area contributed by atoms with Crippen LogP contribution in [0.25, 0.3) is 0 Å². The van der Waals surface area contributed by atoms with E-state index >= 15 is 0 Å². The molecule has 0 radical (unpaired) electrons. The van der Waals surface area contributed by atoms with E-state index in [9.17, 15) is 13.9 Å². The molecule has 1 aliphatic rings. The molecule has 0 bridgehead atoms. The van der Waals surface area contributed by atoms with E-state index in [1.54, 1.807) is 16.0 Å². The van der Waals surface area contributed by atoms with Crippen molar-refractivity contribution in [3.05, 3.63) is 62.5 Å². The molecular formula is C18H19BrF2N5OS+. The van der Waals surface area contributed by atoms with Crippen molar-refractivity contribution in [2.24, 2.45) is 0 Å². The number of nitrogens with one attached hydrogen (secondary N) is 1. The summed E-state index contributed by atoms with van der Waals surface area (Å²) < 4.78 is 30.6. The zero-order valence-electron chi connectivity index (χ0n) is 15.1. The van der Waals surface area contributed by atoms with Crippen LogP contribution < -0.4 is 4.68 Å². The maximum absolute atomic E-state index is 14.7. The van der Waals surface area contributed by atoms with E-state index in [2.05, 4.69) is 35.9 Å². The fourth-order valence-electron chi connectivity index (χ4n) is 3.70. The molecule has 0 saturated heterocycles. The van der Waals surface area contributed by atoms with Crippen LogP contribution in [0.1, 0.15) is 23.1 Å². The third-order valence-corrected chi connectivity index (χ3v) is 6.82. The van der Waals surface area contributed by atoms with Crippen LogP contribution in [-0.4, -0.2) is 37.7 Å². The zero-order valence-corrected chi connectivity index (χ0v) is 17.5. The van der Waals surface area contributed by atoms with E-state index in [0.29, 0.717) is 13.1 Å². The predicted octanol–water partition coefficient (Wildman–Crippen LogP) is 2.53. The fourth-order valence-corrected chi connectivity index (χ4v) is 5.36. The molecule has 0 spiro atoms. The van der Waals surface area contributed by atoms with Gasteiger partial charge < -0.3 is 5.11 Å². The quantitative estimate of drug-likeness (QED) is 0.562. The molecule has 148 valence electrons. The van der Waals surface area contributed by atoms with Crippen LogP contribution in [0.3, 0.4) is 0 Å². The van der Waals surface area contributed by atoms with Gasteiger partial charge in [-0.25, -0.2) is 13.8 Å². The summed E-state index contributed by atoms with van der Waals surface area (Å²) in [6, 6.07) is 2.84. The topological polar surface area (TPSA) is 68.9 Å². The lowest BCUT2D eigenvalue weighted by Gasteiger charge is -2.41. The summed E-state index contributed by atoms with van der Waals surface area (Å²) in [4.78, 5) is 11.7. The number of hydrogen-bond donors (Lipinski definition) is 2. The summed E-state index contributed by atoms with van der Waals surface area (Å²) in [5, 5.41) is 14.6. The van der Waals surface area contributed by atoms with E-state index in [-0.39, 0.29) is 12.1 Å². The normalized spacial score (nSPS) is 17.9.